The fourth-order valence-electron chi connectivity index (χ4n) is 1.48. The summed E-state index contributed by atoms with van der Waals surface area (Å²) in [5.41, 5.74) is 0.487. The number of anilines is 1. The Labute approximate surface area is 96.5 Å². The van der Waals surface area contributed by atoms with E-state index in [1.54, 1.807) is 5.38 Å². The summed E-state index contributed by atoms with van der Waals surface area (Å²) in [5.74, 6) is -0.795. The summed E-state index contributed by atoms with van der Waals surface area (Å²) in [7, 11) is 0. The van der Waals surface area contributed by atoms with Crippen molar-refractivity contribution >= 4 is 28.3 Å². The zero-order chi connectivity index (χ0) is 11.5. The molecule has 0 aromatic carbocycles. The van der Waals surface area contributed by atoms with E-state index in [-0.39, 0.29) is 18.2 Å². The number of carbonyl (C=O) groups is 2. The Balaban J connectivity index is 1.91. The molecule has 0 spiro atoms. The molecule has 0 bridgehead atoms. The first-order chi connectivity index (χ1) is 7.65. The topological polar surface area (TPSA) is 79.3 Å². The lowest BCUT2D eigenvalue weighted by atomic mass is 9.85. The number of rotatable bonds is 4. The number of carboxylic acids is 1. The lowest BCUT2D eigenvalue weighted by Crippen LogP contribution is -2.27. The molecular formula is C10H12N2O3S. The summed E-state index contributed by atoms with van der Waals surface area (Å²) >= 11 is 1.27. The maximum Gasteiger partial charge on any atom is 0.309 e. The number of carbonyl (C=O) groups excluding carboxylic acids is 1. The van der Waals surface area contributed by atoms with Crippen molar-refractivity contribution in [2.75, 3.05) is 5.32 Å². The smallest absolute Gasteiger partial charge is 0.309 e. The summed E-state index contributed by atoms with van der Waals surface area (Å²) in [4.78, 5) is 26.0. The predicted octanol–water partition coefficient (Wildman–Crippen LogP) is 1.51. The Kier molecular flexibility index (Phi) is 3.19. The van der Waals surface area contributed by atoms with Gasteiger partial charge < -0.3 is 10.4 Å². The molecule has 6 heteroatoms. The van der Waals surface area contributed by atoms with E-state index < -0.39 is 5.97 Å². The van der Waals surface area contributed by atoms with Gasteiger partial charge in [0, 0.05) is 11.3 Å². The van der Waals surface area contributed by atoms with Crippen LogP contribution in [0.4, 0.5) is 5.13 Å². The van der Waals surface area contributed by atoms with Crippen LogP contribution < -0.4 is 5.32 Å². The molecular weight excluding hydrogens is 228 g/mol. The van der Waals surface area contributed by atoms with E-state index in [0.717, 1.165) is 19.3 Å². The molecule has 1 heterocycles. The molecule has 1 aromatic heterocycles. The number of aromatic nitrogens is 1. The Morgan fingerprint density at radius 1 is 1.56 bits per heavy atom. The van der Waals surface area contributed by atoms with Crippen molar-refractivity contribution < 1.29 is 14.7 Å². The second kappa shape index (κ2) is 4.61. The second-order valence-electron chi connectivity index (χ2n) is 3.83. The van der Waals surface area contributed by atoms with Crippen molar-refractivity contribution in [3.8, 4) is 0 Å². The molecule has 16 heavy (non-hydrogen) atoms. The highest BCUT2D eigenvalue weighted by molar-refractivity contribution is 7.13. The van der Waals surface area contributed by atoms with Crippen LogP contribution in [-0.2, 0) is 16.0 Å². The molecule has 0 saturated heterocycles. The molecule has 2 N–H and O–H groups in total. The van der Waals surface area contributed by atoms with E-state index in [1.165, 1.54) is 11.3 Å². The normalized spacial score (nSPS) is 15.5. The van der Waals surface area contributed by atoms with Gasteiger partial charge in [0.1, 0.15) is 0 Å². The predicted molar refractivity (Wildman–Crippen MR) is 59.4 cm³/mol. The van der Waals surface area contributed by atoms with Gasteiger partial charge in [-0.3, -0.25) is 9.59 Å². The number of thiazole rings is 1. The molecule has 1 saturated carbocycles. The van der Waals surface area contributed by atoms with Crippen LogP contribution in [0.3, 0.4) is 0 Å². The van der Waals surface area contributed by atoms with Gasteiger partial charge in [0.05, 0.1) is 12.1 Å². The van der Waals surface area contributed by atoms with Gasteiger partial charge in [-0.1, -0.05) is 6.42 Å². The van der Waals surface area contributed by atoms with Crippen LogP contribution >= 0.6 is 11.3 Å². The highest BCUT2D eigenvalue weighted by Crippen LogP contribution is 2.28. The third kappa shape index (κ3) is 2.57. The molecule has 5 nitrogen and oxygen atoms in total. The van der Waals surface area contributed by atoms with E-state index >= 15 is 0 Å². The second-order valence-corrected chi connectivity index (χ2v) is 4.69. The quantitative estimate of drug-likeness (QED) is 0.836. The summed E-state index contributed by atoms with van der Waals surface area (Å²) in [6.45, 7) is 0. The molecule has 0 aliphatic heterocycles. The zero-order valence-electron chi connectivity index (χ0n) is 8.60. The van der Waals surface area contributed by atoms with E-state index in [0.29, 0.717) is 10.8 Å². The number of amides is 1. The van der Waals surface area contributed by atoms with Crippen molar-refractivity contribution in [1.29, 1.82) is 0 Å². The van der Waals surface area contributed by atoms with Gasteiger partial charge in [-0.05, 0) is 12.8 Å². The first kappa shape index (κ1) is 11.1. The van der Waals surface area contributed by atoms with Crippen molar-refractivity contribution in [1.82, 2.24) is 4.98 Å². The highest BCUT2D eigenvalue weighted by atomic mass is 32.1. The Hall–Kier alpha value is -1.43. The molecule has 86 valence electrons. The van der Waals surface area contributed by atoms with Crippen LogP contribution in [0.25, 0.3) is 0 Å². The van der Waals surface area contributed by atoms with Gasteiger partial charge in [-0.25, -0.2) is 4.98 Å². The molecule has 1 amide bonds. The summed E-state index contributed by atoms with van der Waals surface area (Å²) in [6.07, 6.45) is 2.90. The molecule has 1 aliphatic rings. The Morgan fingerprint density at radius 2 is 2.31 bits per heavy atom. The third-order valence-electron chi connectivity index (χ3n) is 2.59. The Bertz CT molecular complexity index is 412. The van der Waals surface area contributed by atoms with Crippen LogP contribution in [-0.4, -0.2) is 22.0 Å². The first-order valence-corrected chi connectivity index (χ1v) is 6.00. The Morgan fingerprint density at radius 3 is 2.88 bits per heavy atom. The molecule has 0 atom stereocenters. The third-order valence-corrected chi connectivity index (χ3v) is 3.40. The number of hydrogen-bond acceptors (Lipinski definition) is 4. The van der Waals surface area contributed by atoms with Crippen LogP contribution in [0.2, 0.25) is 0 Å². The lowest BCUT2D eigenvalue weighted by Gasteiger charge is -2.23. The molecule has 1 aliphatic carbocycles. The average molecular weight is 240 g/mol. The van der Waals surface area contributed by atoms with E-state index in [1.807, 2.05) is 0 Å². The summed E-state index contributed by atoms with van der Waals surface area (Å²) in [5, 5.41) is 13.4. The van der Waals surface area contributed by atoms with Crippen LogP contribution in [0.15, 0.2) is 5.38 Å². The highest BCUT2D eigenvalue weighted by Gasteiger charge is 2.25. The number of aliphatic carboxylic acids is 1. The van der Waals surface area contributed by atoms with Gasteiger partial charge in [0.25, 0.3) is 0 Å². The minimum absolute atomic E-state index is 0.00229. The van der Waals surface area contributed by atoms with Crippen LogP contribution in [0, 0.1) is 5.92 Å². The first-order valence-electron chi connectivity index (χ1n) is 5.12. The minimum Gasteiger partial charge on any atom is -0.481 e. The SMILES string of the molecule is O=C(O)Cc1csc(NC(=O)C2CCC2)n1. The van der Waals surface area contributed by atoms with Gasteiger partial charge in [0.15, 0.2) is 5.13 Å². The maximum atomic E-state index is 11.6. The fraction of sp³-hybridized carbons (Fsp3) is 0.500. The number of hydrogen-bond donors (Lipinski definition) is 2. The number of nitrogens with one attached hydrogen (secondary N) is 1. The minimum atomic E-state index is -0.915. The van der Waals surface area contributed by atoms with Crippen LogP contribution in [0.5, 0.6) is 0 Å². The average Bonchev–Trinajstić information content (AvgIpc) is 2.47. The summed E-state index contributed by atoms with van der Waals surface area (Å²) < 4.78 is 0. The molecule has 0 radical (unpaired) electrons. The van der Waals surface area contributed by atoms with E-state index in [9.17, 15) is 9.59 Å². The monoisotopic (exact) mass is 240 g/mol. The molecule has 2 rings (SSSR count). The standard InChI is InChI=1S/C10H12N2O3S/c13-8(14)4-7-5-16-10(11-7)12-9(15)6-2-1-3-6/h5-6H,1-4H2,(H,13,14)(H,11,12,15). The summed E-state index contributed by atoms with van der Waals surface area (Å²) in [6, 6.07) is 0. The van der Waals surface area contributed by atoms with E-state index in [4.69, 9.17) is 5.11 Å². The number of carboxylic acid groups (broad SMARTS) is 1. The van der Waals surface area contributed by atoms with Gasteiger partial charge in [-0.2, -0.15) is 0 Å². The fourth-order valence-corrected chi connectivity index (χ4v) is 2.19. The van der Waals surface area contributed by atoms with Gasteiger partial charge in [0.2, 0.25) is 5.91 Å². The van der Waals surface area contributed by atoms with Crippen molar-refractivity contribution in [2.45, 2.75) is 25.7 Å². The maximum absolute atomic E-state index is 11.6. The number of nitrogens with zero attached hydrogens (tertiary/aromatic N) is 1. The van der Waals surface area contributed by atoms with Crippen molar-refractivity contribution in [2.24, 2.45) is 5.92 Å². The largest absolute Gasteiger partial charge is 0.481 e. The molecule has 1 fully saturated rings. The van der Waals surface area contributed by atoms with Gasteiger partial charge >= 0.3 is 5.97 Å². The van der Waals surface area contributed by atoms with Crippen molar-refractivity contribution in [3.05, 3.63) is 11.1 Å². The van der Waals surface area contributed by atoms with Gasteiger partial charge in [-0.15, -0.1) is 11.3 Å². The molecule has 1 aromatic rings. The van der Waals surface area contributed by atoms with E-state index in [2.05, 4.69) is 10.3 Å². The lowest BCUT2D eigenvalue weighted by molar-refractivity contribution is -0.136. The van der Waals surface area contributed by atoms with Crippen molar-refractivity contribution in [3.63, 3.8) is 0 Å². The zero-order valence-corrected chi connectivity index (χ0v) is 9.42. The molecule has 0 unspecified atom stereocenters. The van der Waals surface area contributed by atoms with Crippen LogP contribution in [0.1, 0.15) is 25.0 Å².